The summed E-state index contributed by atoms with van der Waals surface area (Å²) in [4.78, 5) is 0. The lowest BCUT2D eigenvalue weighted by Crippen LogP contribution is -2.26. The second-order valence-electron chi connectivity index (χ2n) is 4.42. The third kappa shape index (κ3) is 6.67. The van der Waals surface area contributed by atoms with E-state index in [4.69, 9.17) is 10.8 Å². The number of benzene rings is 1. The Morgan fingerprint density at radius 3 is 2.24 bits per heavy atom. The first kappa shape index (κ1) is 16.4. The Bertz CT molecular complexity index is 287. The minimum atomic E-state index is -0.133. The van der Waals surface area contributed by atoms with Gasteiger partial charge in [0.1, 0.15) is 0 Å². The quantitative estimate of drug-likeness (QED) is 0.738. The van der Waals surface area contributed by atoms with Crippen molar-refractivity contribution in [3.05, 3.63) is 35.4 Å². The molecule has 0 fully saturated rings. The van der Waals surface area contributed by atoms with E-state index in [2.05, 4.69) is 31.2 Å². The average molecular weight is 258 g/mol. The van der Waals surface area contributed by atoms with Crippen LogP contribution in [0.4, 0.5) is 0 Å². The molecule has 0 saturated heterocycles. The number of unbranched alkanes of at least 4 members (excludes halogenated alkanes) is 2. The number of rotatable bonds is 7. The highest BCUT2D eigenvalue weighted by molar-refractivity contribution is 5.85. The Labute approximate surface area is 111 Å². The van der Waals surface area contributed by atoms with Gasteiger partial charge in [-0.05, 0) is 30.4 Å². The van der Waals surface area contributed by atoms with Crippen LogP contribution in [-0.4, -0.2) is 17.8 Å². The van der Waals surface area contributed by atoms with E-state index >= 15 is 0 Å². The van der Waals surface area contributed by atoms with Crippen LogP contribution < -0.4 is 5.73 Å². The maximum Gasteiger partial charge on any atom is 0.0585 e. The van der Waals surface area contributed by atoms with Crippen LogP contribution in [0, 0.1) is 0 Å². The monoisotopic (exact) mass is 257 g/mol. The lowest BCUT2D eigenvalue weighted by atomic mass is 10.0. The number of aliphatic hydroxyl groups excluding tert-OH is 1. The van der Waals surface area contributed by atoms with Crippen LogP contribution in [0.2, 0.25) is 0 Å². The molecule has 0 bridgehead atoms. The first-order valence-corrected chi connectivity index (χ1v) is 6.20. The second-order valence-corrected chi connectivity index (χ2v) is 4.42. The molecule has 1 rings (SSSR count). The zero-order chi connectivity index (χ0) is 11.8. The molecular weight excluding hydrogens is 234 g/mol. The Hall–Kier alpha value is -0.570. The molecular formula is C14H24ClNO. The normalized spacial score (nSPS) is 11.9. The fourth-order valence-electron chi connectivity index (χ4n) is 1.79. The van der Waals surface area contributed by atoms with E-state index in [0.717, 1.165) is 6.42 Å². The van der Waals surface area contributed by atoms with Gasteiger partial charge >= 0.3 is 0 Å². The number of nitrogens with two attached hydrogens (primary N) is 1. The van der Waals surface area contributed by atoms with Crippen LogP contribution >= 0.6 is 12.4 Å². The molecule has 0 aliphatic carbocycles. The van der Waals surface area contributed by atoms with Crippen molar-refractivity contribution in [3.8, 4) is 0 Å². The van der Waals surface area contributed by atoms with Crippen molar-refractivity contribution in [1.82, 2.24) is 0 Å². The van der Waals surface area contributed by atoms with E-state index in [9.17, 15) is 0 Å². The van der Waals surface area contributed by atoms with Gasteiger partial charge in [0.05, 0.1) is 6.61 Å². The molecule has 0 saturated carbocycles. The smallest absolute Gasteiger partial charge is 0.0585 e. The highest BCUT2D eigenvalue weighted by Crippen LogP contribution is 2.10. The highest BCUT2D eigenvalue weighted by Gasteiger charge is 2.02. The first-order valence-electron chi connectivity index (χ1n) is 6.20. The molecule has 0 aliphatic heterocycles. The molecule has 0 heterocycles. The molecule has 1 atom stereocenters. The Kier molecular flexibility index (Phi) is 9.14. The minimum Gasteiger partial charge on any atom is -0.395 e. The first-order chi connectivity index (χ1) is 7.76. The SMILES string of the molecule is CCCCCc1ccc(CC(N)CO)cc1.Cl. The zero-order valence-electron chi connectivity index (χ0n) is 10.6. The molecule has 0 radical (unpaired) electrons. The van der Waals surface area contributed by atoms with Crippen LogP contribution in [-0.2, 0) is 12.8 Å². The molecule has 3 N–H and O–H groups in total. The van der Waals surface area contributed by atoms with Gasteiger partial charge in [0.2, 0.25) is 0 Å². The van der Waals surface area contributed by atoms with Crippen LogP contribution in [0.5, 0.6) is 0 Å². The summed E-state index contributed by atoms with van der Waals surface area (Å²) in [5.74, 6) is 0. The van der Waals surface area contributed by atoms with Crippen molar-refractivity contribution in [2.24, 2.45) is 5.73 Å². The van der Waals surface area contributed by atoms with E-state index in [1.54, 1.807) is 0 Å². The summed E-state index contributed by atoms with van der Waals surface area (Å²) < 4.78 is 0. The molecule has 1 aromatic carbocycles. The number of halogens is 1. The summed E-state index contributed by atoms with van der Waals surface area (Å²) >= 11 is 0. The number of aryl methyl sites for hydroxylation is 1. The van der Waals surface area contributed by atoms with Crippen LogP contribution in [0.15, 0.2) is 24.3 Å². The zero-order valence-corrected chi connectivity index (χ0v) is 11.4. The molecule has 0 amide bonds. The highest BCUT2D eigenvalue weighted by atomic mass is 35.5. The van der Waals surface area contributed by atoms with E-state index in [1.807, 2.05) is 0 Å². The molecule has 0 aliphatic rings. The third-order valence-electron chi connectivity index (χ3n) is 2.82. The maximum absolute atomic E-state index is 8.87. The molecule has 0 spiro atoms. The molecule has 1 unspecified atom stereocenters. The van der Waals surface area contributed by atoms with Crippen LogP contribution in [0.3, 0.4) is 0 Å². The van der Waals surface area contributed by atoms with Gasteiger partial charge in [0.25, 0.3) is 0 Å². The second kappa shape index (κ2) is 9.46. The van der Waals surface area contributed by atoms with Crippen LogP contribution in [0.1, 0.15) is 37.3 Å². The Balaban J connectivity index is 0.00000256. The van der Waals surface area contributed by atoms with Crippen molar-refractivity contribution in [3.63, 3.8) is 0 Å². The summed E-state index contributed by atoms with van der Waals surface area (Å²) in [6, 6.07) is 8.46. The van der Waals surface area contributed by atoms with Gasteiger partial charge in [-0.1, -0.05) is 44.0 Å². The molecule has 1 aromatic rings. The Morgan fingerprint density at radius 1 is 1.12 bits per heavy atom. The molecule has 2 nitrogen and oxygen atoms in total. The number of hydrogen-bond donors (Lipinski definition) is 2. The van der Waals surface area contributed by atoms with Crippen molar-refractivity contribution < 1.29 is 5.11 Å². The fraction of sp³-hybridized carbons (Fsp3) is 0.571. The Morgan fingerprint density at radius 2 is 1.71 bits per heavy atom. The van der Waals surface area contributed by atoms with Crippen molar-refractivity contribution in [1.29, 1.82) is 0 Å². The largest absolute Gasteiger partial charge is 0.395 e. The van der Waals surface area contributed by atoms with E-state index in [0.29, 0.717) is 0 Å². The van der Waals surface area contributed by atoms with Gasteiger partial charge in [-0.25, -0.2) is 0 Å². The van der Waals surface area contributed by atoms with E-state index in [-0.39, 0.29) is 25.1 Å². The molecule has 0 aromatic heterocycles. The average Bonchev–Trinajstić information content (AvgIpc) is 2.31. The lowest BCUT2D eigenvalue weighted by molar-refractivity contribution is 0.265. The fourth-order valence-corrected chi connectivity index (χ4v) is 1.79. The minimum absolute atomic E-state index is 0. The molecule has 98 valence electrons. The van der Waals surface area contributed by atoms with Gasteiger partial charge in [-0.2, -0.15) is 0 Å². The van der Waals surface area contributed by atoms with Crippen molar-refractivity contribution >= 4 is 12.4 Å². The summed E-state index contributed by atoms with van der Waals surface area (Å²) in [6.07, 6.45) is 5.76. The maximum atomic E-state index is 8.87. The van der Waals surface area contributed by atoms with Gasteiger partial charge in [0, 0.05) is 6.04 Å². The topological polar surface area (TPSA) is 46.2 Å². The van der Waals surface area contributed by atoms with Crippen molar-refractivity contribution in [2.45, 2.75) is 45.1 Å². The van der Waals surface area contributed by atoms with E-state index < -0.39 is 0 Å². The summed E-state index contributed by atoms with van der Waals surface area (Å²) in [7, 11) is 0. The lowest BCUT2D eigenvalue weighted by Gasteiger charge is -2.08. The standard InChI is InChI=1S/C14H23NO.ClH/c1-2-3-4-5-12-6-8-13(9-7-12)10-14(15)11-16;/h6-9,14,16H,2-5,10-11,15H2,1H3;1H. The number of hydrogen-bond acceptors (Lipinski definition) is 2. The molecule has 17 heavy (non-hydrogen) atoms. The predicted octanol–water partition coefficient (Wildman–Crippen LogP) is 2.70. The predicted molar refractivity (Wildman–Crippen MR) is 75.7 cm³/mol. The summed E-state index contributed by atoms with van der Waals surface area (Å²) in [5, 5.41) is 8.87. The molecule has 3 heteroatoms. The van der Waals surface area contributed by atoms with Gasteiger partial charge in [-0.3, -0.25) is 0 Å². The van der Waals surface area contributed by atoms with Crippen molar-refractivity contribution in [2.75, 3.05) is 6.61 Å². The number of aliphatic hydroxyl groups is 1. The summed E-state index contributed by atoms with van der Waals surface area (Å²) in [5.41, 5.74) is 8.30. The van der Waals surface area contributed by atoms with Gasteiger partial charge < -0.3 is 10.8 Å². The van der Waals surface area contributed by atoms with E-state index in [1.165, 1.54) is 36.8 Å². The third-order valence-corrected chi connectivity index (χ3v) is 2.82. The summed E-state index contributed by atoms with van der Waals surface area (Å²) in [6.45, 7) is 2.28. The van der Waals surface area contributed by atoms with Gasteiger partial charge in [-0.15, -0.1) is 12.4 Å². The van der Waals surface area contributed by atoms with Gasteiger partial charge in [0.15, 0.2) is 0 Å². The van der Waals surface area contributed by atoms with Crippen LogP contribution in [0.25, 0.3) is 0 Å².